The molecule has 2 amide bonds. The van der Waals surface area contributed by atoms with E-state index in [1.54, 1.807) is 35.6 Å². The van der Waals surface area contributed by atoms with Crippen molar-refractivity contribution in [3.05, 3.63) is 88.2 Å². The number of nitrogens with one attached hydrogen (secondary N) is 3. The van der Waals surface area contributed by atoms with Crippen LogP contribution in [0.4, 0.5) is 0 Å². The predicted octanol–water partition coefficient (Wildman–Crippen LogP) is 5.09. The van der Waals surface area contributed by atoms with Crippen LogP contribution in [0.5, 0.6) is 5.75 Å². The lowest BCUT2D eigenvalue weighted by Gasteiger charge is -2.16. The fraction of sp³-hybridized carbons (Fsp3) is 0.259. The van der Waals surface area contributed by atoms with Crippen LogP contribution in [0, 0.1) is 0 Å². The molecular weight excluding hydrogens is 446 g/mol. The molecular formula is C27H29N3O3S. The van der Waals surface area contributed by atoms with Crippen LogP contribution in [0.2, 0.25) is 0 Å². The van der Waals surface area contributed by atoms with Gasteiger partial charge in [0.05, 0.1) is 13.2 Å². The Balaban J connectivity index is 1.32. The lowest BCUT2D eigenvalue weighted by atomic mass is 9.96. The molecule has 1 atom stereocenters. The standard InChI is InChI=1S/C27H29N3O3S/c1-2-3-14-33-20-12-10-19(11-13-20)27(32)30-18-26(31)29-17-23(25-9-6-15-34-25)22-16-28-24-8-5-4-7-21(22)24/h4-13,15-16,23,28H,2-3,14,17-18H2,1H3,(H,29,31)(H,30,32). The number of ether oxygens (including phenoxy) is 1. The molecule has 0 radical (unpaired) electrons. The molecule has 4 aromatic rings. The van der Waals surface area contributed by atoms with Gasteiger partial charge in [0, 0.05) is 40.0 Å². The van der Waals surface area contributed by atoms with Crippen molar-refractivity contribution in [3.63, 3.8) is 0 Å². The summed E-state index contributed by atoms with van der Waals surface area (Å²) in [6.45, 7) is 3.13. The van der Waals surface area contributed by atoms with Crippen LogP contribution in [0.15, 0.2) is 72.2 Å². The molecule has 3 N–H and O–H groups in total. The van der Waals surface area contributed by atoms with E-state index in [0.717, 1.165) is 35.1 Å². The Labute approximate surface area is 203 Å². The first-order chi connectivity index (χ1) is 16.7. The average molecular weight is 476 g/mol. The molecule has 0 aliphatic heterocycles. The third-order valence-electron chi connectivity index (χ3n) is 5.68. The van der Waals surface area contributed by atoms with Crippen LogP contribution < -0.4 is 15.4 Å². The third kappa shape index (κ3) is 5.85. The second-order valence-electron chi connectivity index (χ2n) is 8.07. The maximum atomic E-state index is 12.5. The van der Waals surface area contributed by atoms with Crippen LogP contribution in [0.25, 0.3) is 10.9 Å². The molecule has 0 fully saturated rings. The highest BCUT2D eigenvalue weighted by Gasteiger charge is 2.20. The Morgan fingerprint density at radius 1 is 1.03 bits per heavy atom. The Hall–Kier alpha value is -3.58. The lowest BCUT2D eigenvalue weighted by Crippen LogP contribution is -2.38. The predicted molar refractivity (Wildman–Crippen MR) is 137 cm³/mol. The summed E-state index contributed by atoms with van der Waals surface area (Å²) < 4.78 is 5.62. The highest BCUT2D eigenvalue weighted by molar-refractivity contribution is 7.10. The number of carbonyl (C=O) groups excluding carboxylic acids is 2. The molecule has 0 spiro atoms. The van der Waals surface area contributed by atoms with Gasteiger partial charge in [-0.1, -0.05) is 37.6 Å². The first-order valence-electron chi connectivity index (χ1n) is 11.5. The number of fused-ring (bicyclic) bond motifs is 1. The topological polar surface area (TPSA) is 83.2 Å². The second kappa shape index (κ2) is 11.5. The van der Waals surface area contributed by atoms with Gasteiger partial charge in [0.1, 0.15) is 5.75 Å². The van der Waals surface area contributed by atoms with Gasteiger partial charge in [0.25, 0.3) is 5.91 Å². The molecule has 176 valence electrons. The van der Waals surface area contributed by atoms with Gasteiger partial charge in [0.15, 0.2) is 0 Å². The van der Waals surface area contributed by atoms with E-state index in [0.29, 0.717) is 18.7 Å². The highest BCUT2D eigenvalue weighted by Crippen LogP contribution is 2.32. The van der Waals surface area contributed by atoms with Gasteiger partial charge in [-0.25, -0.2) is 0 Å². The highest BCUT2D eigenvalue weighted by atomic mass is 32.1. The van der Waals surface area contributed by atoms with Crippen molar-refractivity contribution in [2.75, 3.05) is 19.7 Å². The maximum absolute atomic E-state index is 12.5. The van der Waals surface area contributed by atoms with Crippen LogP contribution in [0.1, 0.15) is 46.5 Å². The largest absolute Gasteiger partial charge is 0.494 e. The Morgan fingerprint density at radius 2 is 1.85 bits per heavy atom. The first-order valence-corrected chi connectivity index (χ1v) is 12.4. The van der Waals surface area contributed by atoms with Gasteiger partial charge < -0.3 is 20.4 Å². The number of hydrogen-bond donors (Lipinski definition) is 3. The van der Waals surface area contributed by atoms with Crippen LogP contribution in [-0.2, 0) is 4.79 Å². The van der Waals surface area contributed by atoms with Crippen molar-refractivity contribution in [2.24, 2.45) is 0 Å². The van der Waals surface area contributed by atoms with Gasteiger partial charge in [-0.05, 0) is 53.8 Å². The van der Waals surface area contributed by atoms with Crippen molar-refractivity contribution >= 4 is 34.1 Å². The van der Waals surface area contributed by atoms with Crippen molar-refractivity contribution in [2.45, 2.75) is 25.7 Å². The number of carbonyl (C=O) groups is 2. The number of benzene rings is 2. The maximum Gasteiger partial charge on any atom is 0.251 e. The minimum Gasteiger partial charge on any atom is -0.494 e. The van der Waals surface area contributed by atoms with E-state index >= 15 is 0 Å². The van der Waals surface area contributed by atoms with E-state index in [4.69, 9.17) is 4.74 Å². The summed E-state index contributed by atoms with van der Waals surface area (Å²) in [5.74, 6) is 0.242. The molecule has 6 nitrogen and oxygen atoms in total. The molecule has 0 saturated heterocycles. The zero-order chi connectivity index (χ0) is 23.8. The number of para-hydroxylation sites is 1. The van der Waals surface area contributed by atoms with Gasteiger partial charge >= 0.3 is 0 Å². The molecule has 1 unspecified atom stereocenters. The molecule has 0 aliphatic rings. The summed E-state index contributed by atoms with van der Waals surface area (Å²) in [4.78, 5) is 29.5. The van der Waals surface area contributed by atoms with Crippen molar-refractivity contribution in [1.29, 1.82) is 0 Å². The summed E-state index contributed by atoms with van der Waals surface area (Å²) in [5.41, 5.74) is 2.70. The summed E-state index contributed by atoms with van der Waals surface area (Å²) in [6, 6.07) is 19.2. The Kier molecular flexibility index (Phi) is 7.99. The van der Waals surface area contributed by atoms with Crippen molar-refractivity contribution in [3.8, 4) is 5.75 Å². The number of aromatic nitrogens is 1. The molecule has 2 aromatic carbocycles. The van der Waals surface area contributed by atoms with E-state index in [2.05, 4.69) is 34.7 Å². The lowest BCUT2D eigenvalue weighted by molar-refractivity contribution is -0.120. The smallest absolute Gasteiger partial charge is 0.251 e. The van der Waals surface area contributed by atoms with Crippen LogP contribution in [0.3, 0.4) is 0 Å². The fourth-order valence-corrected chi connectivity index (χ4v) is 4.66. The number of amides is 2. The van der Waals surface area contributed by atoms with E-state index in [-0.39, 0.29) is 24.3 Å². The first kappa shape index (κ1) is 23.6. The number of hydrogen-bond acceptors (Lipinski definition) is 4. The van der Waals surface area contributed by atoms with Gasteiger partial charge in [0.2, 0.25) is 5.91 Å². The number of rotatable bonds is 11. The van der Waals surface area contributed by atoms with E-state index in [9.17, 15) is 9.59 Å². The fourth-order valence-electron chi connectivity index (χ4n) is 3.81. The van der Waals surface area contributed by atoms with Crippen molar-refractivity contribution < 1.29 is 14.3 Å². The van der Waals surface area contributed by atoms with Gasteiger partial charge in [-0.2, -0.15) is 0 Å². The SMILES string of the molecule is CCCCOc1ccc(C(=O)NCC(=O)NCC(c2cccs2)c2c[nH]c3ccccc23)cc1. The minimum atomic E-state index is -0.290. The van der Waals surface area contributed by atoms with E-state index in [1.165, 1.54) is 4.88 Å². The number of aromatic amines is 1. The molecule has 2 aromatic heterocycles. The molecule has 34 heavy (non-hydrogen) atoms. The third-order valence-corrected chi connectivity index (χ3v) is 6.67. The Bertz CT molecular complexity index is 1220. The summed E-state index contributed by atoms with van der Waals surface area (Å²) in [5, 5.41) is 8.87. The number of H-pyrrole nitrogens is 1. The molecule has 0 aliphatic carbocycles. The molecule has 0 bridgehead atoms. The van der Waals surface area contributed by atoms with Gasteiger partial charge in [-0.15, -0.1) is 11.3 Å². The van der Waals surface area contributed by atoms with Crippen LogP contribution in [-0.4, -0.2) is 36.5 Å². The number of thiophene rings is 1. The zero-order valence-corrected chi connectivity index (χ0v) is 20.0. The summed E-state index contributed by atoms with van der Waals surface area (Å²) in [7, 11) is 0. The average Bonchev–Trinajstić information content (AvgIpc) is 3.54. The summed E-state index contributed by atoms with van der Waals surface area (Å²) in [6.07, 6.45) is 4.07. The quantitative estimate of drug-likeness (QED) is 0.264. The van der Waals surface area contributed by atoms with E-state index < -0.39 is 0 Å². The summed E-state index contributed by atoms with van der Waals surface area (Å²) >= 11 is 1.67. The molecule has 4 rings (SSSR count). The number of unbranched alkanes of at least 4 members (excludes halogenated alkanes) is 1. The molecule has 0 saturated carbocycles. The van der Waals surface area contributed by atoms with E-state index in [1.807, 2.05) is 35.8 Å². The van der Waals surface area contributed by atoms with Gasteiger partial charge in [-0.3, -0.25) is 9.59 Å². The second-order valence-corrected chi connectivity index (χ2v) is 9.05. The molecule has 7 heteroatoms. The zero-order valence-electron chi connectivity index (χ0n) is 19.2. The van der Waals surface area contributed by atoms with Crippen LogP contribution >= 0.6 is 11.3 Å². The minimum absolute atomic E-state index is 0.0241. The molecule has 2 heterocycles. The van der Waals surface area contributed by atoms with Crippen molar-refractivity contribution in [1.82, 2.24) is 15.6 Å². The normalized spacial score (nSPS) is 11.8. The Morgan fingerprint density at radius 3 is 2.62 bits per heavy atom. The monoisotopic (exact) mass is 475 g/mol.